The van der Waals surface area contributed by atoms with Gasteiger partial charge in [0.25, 0.3) is 11.8 Å². The first-order valence-corrected chi connectivity index (χ1v) is 11.1. The number of anilines is 1. The Morgan fingerprint density at radius 3 is 2.37 bits per heavy atom. The Hall–Kier alpha value is -2.60. The smallest absolute Gasteiger partial charge is 0.291 e. The first kappa shape index (κ1) is 20.7. The lowest BCUT2D eigenvalue weighted by Gasteiger charge is -2.31. The van der Waals surface area contributed by atoms with Gasteiger partial charge in [0.1, 0.15) is 5.76 Å². The molecule has 2 aliphatic rings. The number of benzene rings is 1. The van der Waals surface area contributed by atoms with E-state index in [0.29, 0.717) is 17.0 Å². The second-order valence-corrected chi connectivity index (χ2v) is 8.46. The third kappa shape index (κ3) is 4.43. The molecule has 2 amide bonds. The van der Waals surface area contributed by atoms with Gasteiger partial charge in [0.05, 0.1) is 6.04 Å². The van der Waals surface area contributed by atoms with Crippen molar-refractivity contribution in [2.24, 2.45) is 0 Å². The van der Waals surface area contributed by atoms with Gasteiger partial charge >= 0.3 is 0 Å². The summed E-state index contributed by atoms with van der Waals surface area (Å²) in [5.74, 6) is 0.931. The molecular weight excluding hydrogens is 378 g/mol. The van der Waals surface area contributed by atoms with Crippen LogP contribution in [0.15, 0.2) is 34.7 Å². The number of likely N-dealkylation sites (tertiary alicyclic amines) is 2. The predicted molar refractivity (Wildman–Crippen MR) is 117 cm³/mol. The maximum atomic E-state index is 12.7. The van der Waals surface area contributed by atoms with Crippen LogP contribution < -0.4 is 5.32 Å². The fourth-order valence-electron chi connectivity index (χ4n) is 4.41. The number of rotatable bonds is 5. The van der Waals surface area contributed by atoms with Crippen LogP contribution in [0, 0.1) is 6.92 Å². The molecule has 30 heavy (non-hydrogen) atoms. The van der Waals surface area contributed by atoms with E-state index in [1.807, 2.05) is 24.0 Å². The molecule has 2 aromatic rings. The van der Waals surface area contributed by atoms with E-state index in [4.69, 9.17) is 4.42 Å². The number of carbonyl (C=O) groups is 2. The van der Waals surface area contributed by atoms with Gasteiger partial charge in [-0.15, -0.1) is 0 Å². The topological polar surface area (TPSA) is 65.8 Å². The summed E-state index contributed by atoms with van der Waals surface area (Å²) in [5.41, 5.74) is 2.23. The molecule has 0 bridgehead atoms. The van der Waals surface area contributed by atoms with Crippen LogP contribution in [0.4, 0.5) is 5.69 Å². The van der Waals surface area contributed by atoms with Gasteiger partial charge in [-0.3, -0.25) is 14.5 Å². The number of amides is 2. The van der Waals surface area contributed by atoms with E-state index in [1.54, 1.807) is 18.2 Å². The Bertz CT molecular complexity index is 908. The molecule has 6 nitrogen and oxygen atoms in total. The second kappa shape index (κ2) is 9.04. The van der Waals surface area contributed by atoms with E-state index in [2.05, 4.69) is 17.1 Å². The van der Waals surface area contributed by atoms with E-state index in [-0.39, 0.29) is 17.9 Å². The van der Waals surface area contributed by atoms with Crippen molar-refractivity contribution in [1.82, 2.24) is 9.80 Å². The second-order valence-electron chi connectivity index (χ2n) is 8.46. The quantitative estimate of drug-likeness (QED) is 0.782. The van der Waals surface area contributed by atoms with Gasteiger partial charge in [-0.25, -0.2) is 0 Å². The number of nitrogens with zero attached hydrogens (tertiary/aromatic N) is 2. The number of hydrogen-bond donors (Lipinski definition) is 1. The highest BCUT2D eigenvalue weighted by Gasteiger charge is 2.23. The Balaban J connectivity index is 1.41. The summed E-state index contributed by atoms with van der Waals surface area (Å²) in [4.78, 5) is 29.6. The van der Waals surface area contributed by atoms with Crippen molar-refractivity contribution in [3.8, 4) is 0 Å². The lowest BCUT2D eigenvalue weighted by Crippen LogP contribution is -2.32. The van der Waals surface area contributed by atoms with Crippen molar-refractivity contribution in [2.75, 3.05) is 31.5 Å². The molecule has 0 spiro atoms. The molecule has 0 radical (unpaired) electrons. The first-order chi connectivity index (χ1) is 14.5. The highest BCUT2D eigenvalue weighted by Crippen LogP contribution is 2.26. The fraction of sp³-hybridized carbons (Fsp3) is 0.500. The van der Waals surface area contributed by atoms with Crippen LogP contribution >= 0.6 is 0 Å². The Kier molecular flexibility index (Phi) is 6.23. The van der Waals surface area contributed by atoms with E-state index in [0.717, 1.165) is 50.3 Å². The Morgan fingerprint density at radius 2 is 1.67 bits per heavy atom. The highest BCUT2D eigenvalue weighted by molar-refractivity contribution is 6.03. The molecule has 2 fully saturated rings. The number of aryl methyl sites for hydroxylation is 1. The van der Waals surface area contributed by atoms with Gasteiger partial charge in [-0.1, -0.05) is 6.42 Å². The average molecular weight is 410 g/mol. The summed E-state index contributed by atoms with van der Waals surface area (Å²) < 4.78 is 5.89. The van der Waals surface area contributed by atoms with Gasteiger partial charge in [-0.05, 0) is 88.5 Å². The monoisotopic (exact) mass is 409 g/mol. The number of carbonyl (C=O) groups excluding carboxylic acids is 2. The zero-order chi connectivity index (χ0) is 21.1. The Morgan fingerprint density at radius 1 is 0.967 bits per heavy atom. The molecule has 6 heteroatoms. The zero-order valence-corrected chi connectivity index (χ0v) is 17.9. The molecule has 0 aliphatic carbocycles. The summed E-state index contributed by atoms with van der Waals surface area (Å²) in [5, 5.41) is 2.92. The average Bonchev–Trinajstić information content (AvgIpc) is 3.47. The molecule has 1 aromatic carbocycles. The van der Waals surface area contributed by atoms with E-state index in [1.165, 1.54) is 19.3 Å². The van der Waals surface area contributed by atoms with Crippen molar-refractivity contribution in [3.05, 3.63) is 53.0 Å². The molecule has 2 saturated heterocycles. The van der Waals surface area contributed by atoms with Crippen molar-refractivity contribution in [1.29, 1.82) is 0 Å². The number of furan rings is 1. The Labute approximate surface area is 178 Å². The number of piperidine rings is 1. The minimum Gasteiger partial charge on any atom is -0.454 e. The van der Waals surface area contributed by atoms with Crippen molar-refractivity contribution in [2.45, 2.75) is 52.0 Å². The minimum absolute atomic E-state index is 0.0656. The number of nitrogens with one attached hydrogen (secondary N) is 1. The van der Waals surface area contributed by atoms with E-state index < -0.39 is 0 Å². The third-order valence-corrected chi connectivity index (χ3v) is 6.32. The largest absolute Gasteiger partial charge is 0.454 e. The van der Waals surface area contributed by atoms with Crippen LogP contribution in [0.3, 0.4) is 0 Å². The summed E-state index contributed by atoms with van der Waals surface area (Å²) >= 11 is 0. The number of hydrogen-bond acceptors (Lipinski definition) is 4. The molecule has 160 valence electrons. The molecule has 2 aliphatic heterocycles. The summed E-state index contributed by atoms with van der Waals surface area (Å²) in [7, 11) is 0. The highest BCUT2D eigenvalue weighted by atomic mass is 16.4. The summed E-state index contributed by atoms with van der Waals surface area (Å²) in [6.07, 6.45) is 5.86. The lowest BCUT2D eigenvalue weighted by atomic mass is 10.1. The normalized spacial score (nSPS) is 18.4. The summed E-state index contributed by atoms with van der Waals surface area (Å²) in [6, 6.07) is 9.25. The van der Waals surface area contributed by atoms with Crippen LogP contribution in [0.2, 0.25) is 0 Å². The maximum absolute atomic E-state index is 12.7. The third-order valence-electron chi connectivity index (χ3n) is 6.32. The molecule has 3 heterocycles. The zero-order valence-electron chi connectivity index (χ0n) is 17.9. The van der Waals surface area contributed by atoms with Crippen LogP contribution in [-0.4, -0.2) is 47.8 Å². The van der Waals surface area contributed by atoms with Crippen LogP contribution in [0.25, 0.3) is 0 Å². The lowest BCUT2D eigenvalue weighted by molar-refractivity contribution is 0.0792. The SMILES string of the molecule is Cc1cc(C(=O)N2CCCC2)ccc1NC(=O)c1ccc(C(C)N2CCCCC2)o1. The fourth-order valence-corrected chi connectivity index (χ4v) is 4.41. The van der Waals surface area contributed by atoms with Crippen molar-refractivity contribution < 1.29 is 14.0 Å². The minimum atomic E-state index is -0.270. The molecule has 1 N–H and O–H groups in total. The van der Waals surface area contributed by atoms with Crippen LogP contribution in [0.1, 0.15) is 77.3 Å². The van der Waals surface area contributed by atoms with Crippen molar-refractivity contribution >= 4 is 17.5 Å². The van der Waals surface area contributed by atoms with E-state index in [9.17, 15) is 9.59 Å². The van der Waals surface area contributed by atoms with Gasteiger partial charge in [0.15, 0.2) is 5.76 Å². The van der Waals surface area contributed by atoms with Gasteiger partial charge in [0.2, 0.25) is 0 Å². The van der Waals surface area contributed by atoms with Crippen molar-refractivity contribution in [3.63, 3.8) is 0 Å². The maximum Gasteiger partial charge on any atom is 0.291 e. The summed E-state index contributed by atoms with van der Waals surface area (Å²) in [6.45, 7) is 7.84. The molecule has 1 unspecified atom stereocenters. The molecule has 1 atom stereocenters. The molecule has 4 rings (SSSR count). The predicted octanol–water partition coefficient (Wildman–Crippen LogP) is 4.62. The molecular formula is C24H31N3O3. The molecule has 0 saturated carbocycles. The first-order valence-electron chi connectivity index (χ1n) is 11.1. The van der Waals surface area contributed by atoms with Gasteiger partial charge < -0.3 is 14.6 Å². The molecule has 1 aromatic heterocycles. The standard InChI is InChI=1S/C24H31N3O3/c1-17-16-19(24(29)27-14-6-7-15-27)8-9-20(17)25-23(28)22-11-10-21(30-22)18(2)26-12-4-3-5-13-26/h8-11,16,18H,3-7,12-15H2,1-2H3,(H,25,28). The van der Waals surface area contributed by atoms with Gasteiger partial charge in [-0.2, -0.15) is 0 Å². The van der Waals surface area contributed by atoms with E-state index >= 15 is 0 Å². The van der Waals surface area contributed by atoms with Crippen LogP contribution in [-0.2, 0) is 0 Å². The van der Waals surface area contributed by atoms with Gasteiger partial charge in [0, 0.05) is 24.3 Å². The van der Waals surface area contributed by atoms with Crippen LogP contribution in [0.5, 0.6) is 0 Å².